The monoisotopic (exact) mass is 441 g/mol. The van der Waals surface area contributed by atoms with Crippen molar-refractivity contribution in [1.82, 2.24) is 14.8 Å². The van der Waals surface area contributed by atoms with Crippen LogP contribution in [0.5, 0.6) is 5.75 Å². The molecule has 9 nitrogen and oxygen atoms in total. The van der Waals surface area contributed by atoms with E-state index in [0.29, 0.717) is 16.5 Å². The highest BCUT2D eigenvalue weighted by Crippen LogP contribution is 2.31. The van der Waals surface area contributed by atoms with Gasteiger partial charge in [0.15, 0.2) is 11.0 Å². The molecule has 0 aliphatic rings. The molecular formula is C21H23N5O4S. The van der Waals surface area contributed by atoms with E-state index < -0.39 is 10.8 Å². The summed E-state index contributed by atoms with van der Waals surface area (Å²) in [5.41, 5.74) is 6.60. The molecule has 0 radical (unpaired) electrons. The van der Waals surface area contributed by atoms with Crippen LogP contribution in [0.4, 0.5) is 5.69 Å². The van der Waals surface area contributed by atoms with Gasteiger partial charge in [-0.3, -0.25) is 14.9 Å². The number of primary amides is 1. The van der Waals surface area contributed by atoms with E-state index in [4.69, 9.17) is 10.5 Å². The highest BCUT2D eigenvalue weighted by atomic mass is 32.2. The van der Waals surface area contributed by atoms with Gasteiger partial charge in [-0.05, 0) is 36.8 Å². The quantitative estimate of drug-likeness (QED) is 0.286. The molecule has 0 saturated carbocycles. The van der Waals surface area contributed by atoms with Gasteiger partial charge in [-0.2, -0.15) is 0 Å². The fourth-order valence-corrected chi connectivity index (χ4v) is 3.98. The van der Waals surface area contributed by atoms with Crippen molar-refractivity contribution >= 4 is 23.4 Å². The number of carbonyl (C=O) groups excluding carboxylic acids is 1. The predicted molar refractivity (Wildman–Crippen MR) is 118 cm³/mol. The van der Waals surface area contributed by atoms with Crippen LogP contribution < -0.4 is 10.5 Å². The Balaban J connectivity index is 1.88. The van der Waals surface area contributed by atoms with Crippen molar-refractivity contribution in [3.63, 3.8) is 0 Å². The lowest BCUT2D eigenvalue weighted by Gasteiger charge is -2.10. The summed E-state index contributed by atoms with van der Waals surface area (Å²) < 4.78 is 7.24. The molecule has 31 heavy (non-hydrogen) atoms. The summed E-state index contributed by atoms with van der Waals surface area (Å²) in [5, 5.41) is 20.8. The van der Waals surface area contributed by atoms with Gasteiger partial charge in [-0.1, -0.05) is 31.2 Å². The molecule has 0 aliphatic heterocycles. The van der Waals surface area contributed by atoms with Gasteiger partial charge in [0.05, 0.1) is 12.0 Å². The molecule has 0 saturated heterocycles. The van der Waals surface area contributed by atoms with E-state index in [9.17, 15) is 14.9 Å². The number of thioether (sulfide) groups is 1. The molecule has 0 atom stereocenters. The van der Waals surface area contributed by atoms with E-state index in [0.717, 1.165) is 36.5 Å². The van der Waals surface area contributed by atoms with Crippen molar-refractivity contribution in [1.29, 1.82) is 0 Å². The second-order valence-corrected chi connectivity index (χ2v) is 7.74. The summed E-state index contributed by atoms with van der Waals surface area (Å²) >= 11 is 1.36. The SMILES string of the molecule is CCCCn1c(SCc2ccc(C(N)=O)cc2[N+](=O)[O-])nnc1-c1ccc(OC)cc1. The van der Waals surface area contributed by atoms with Gasteiger partial charge in [-0.25, -0.2) is 0 Å². The van der Waals surface area contributed by atoms with Gasteiger partial charge in [-0.15, -0.1) is 10.2 Å². The number of ether oxygens (including phenoxy) is 1. The highest BCUT2D eigenvalue weighted by Gasteiger charge is 2.19. The Labute approximate surface area is 183 Å². The molecule has 2 aromatic carbocycles. The van der Waals surface area contributed by atoms with E-state index >= 15 is 0 Å². The van der Waals surface area contributed by atoms with Crippen LogP contribution in [0.25, 0.3) is 11.4 Å². The van der Waals surface area contributed by atoms with Gasteiger partial charge in [0.1, 0.15) is 5.75 Å². The average Bonchev–Trinajstić information content (AvgIpc) is 3.18. The van der Waals surface area contributed by atoms with Crippen molar-refractivity contribution in [3.05, 3.63) is 63.7 Å². The Hall–Kier alpha value is -3.40. The number of carbonyl (C=O) groups is 1. The van der Waals surface area contributed by atoms with E-state index in [-0.39, 0.29) is 11.3 Å². The molecule has 0 fully saturated rings. The number of nitro benzene ring substituents is 1. The van der Waals surface area contributed by atoms with Crippen LogP contribution in [0.1, 0.15) is 35.7 Å². The molecule has 1 aromatic heterocycles. The zero-order valence-corrected chi connectivity index (χ0v) is 18.1. The van der Waals surface area contributed by atoms with Crippen LogP contribution >= 0.6 is 11.8 Å². The van der Waals surface area contributed by atoms with Gasteiger partial charge < -0.3 is 15.0 Å². The number of hydrogen-bond donors (Lipinski definition) is 1. The van der Waals surface area contributed by atoms with Crippen molar-refractivity contribution in [2.24, 2.45) is 5.73 Å². The smallest absolute Gasteiger partial charge is 0.274 e. The molecule has 1 amide bonds. The Morgan fingerprint density at radius 2 is 1.97 bits per heavy atom. The van der Waals surface area contributed by atoms with Crippen molar-refractivity contribution in [3.8, 4) is 17.1 Å². The molecule has 10 heteroatoms. The topological polar surface area (TPSA) is 126 Å². The predicted octanol–water partition coefficient (Wildman–Crippen LogP) is 4.05. The molecule has 0 aliphatic carbocycles. The summed E-state index contributed by atoms with van der Waals surface area (Å²) in [6, 6.07) is 11.8. The van der Waals surface area contributed by atoms with Crippen LogP contribution in [0.3, 0.4) is 0 Å². The van der Waals surface area contributed by atoms with E-state index in [1.165, 1.54) is 23.9 Å². The van der Waals surface area contributed by atoms with Crippen LogP contribution in [0, 0.1) is 10.1 Å². The van der Waals surface area contributed by atoms with Crippen molar-refractivity contribution in [2.75, 3.05) is 7.11 Å². The zero-order valence-electron chi connectivity index (χ0n) is 17.3. The normalized spacial score (nSPS) is 10.8. The number of amides is 1. The average molecular weight is 442 g/mol. The molecule has 162 valence electrons. The number of nitro groups is 1. The van der Waals surface area contributed by atoms with Gasteiger partial charge >= 0.3 is 0 Å². The third kappa shape index (κ3) is 5.21. The van der Waals surface area contributed by atoms with Crippen molar-refractivity contribution in [2.45, 2.75) is 37.2 Å². The molecular weight excluding hydrogens is 418 g/mol. The van der Waals surface area contributed by atoms with Crippen LogP contribution in [-0.2, 0) is 12.3 Å². The third-order valence-electron chi connectivity index (χ3n) is 4.72. The standard InChI is InChI=1S/C21H23N5O4S/c1-3-4-11-25-20(14-7-9-17(30-2)10-8-14)23-24-21(25)31-13-16-6-5-15(19(22)27)12-18(16)26(28)29/h5-10,12H,3-4,11,13H2,1-2H3,(H2,22,27). The number of rotatable bonds is 10. The maximum atomic E-state index is 11.5. The fraction of sp³-hybridized carbons (Fsp3) is 0.286. The molecule has 3 aromatic rings. The summed E-state index contributed by atoms with van der Waals surface area (Å²) in [7, 11) is 1.61. The van der Waals surface area contributed by atoms with Gasteiger partial charge in [0, 0.05) is 35.1 Å². The van der Waals surface area contributed by atoms with E-state index in [2.05, 4.69) is 17.1 Å². The maximum absolute atomic E-state index is 11.5. The molecule has 1 heterocycles. The van der Waals surface area contributed by atoms with E-state index in [1.807, 2.05) is 28.8 Å². The number of nitrogens with two attached hydrogens (primary N) is 1. The second-order valence-electron chi connectivity index (χ2n) is 6.79. The first-order valence-corrected chi connectivity index (χ1v) is 10.7. The molecule has 3 rings (SSSR count). The molecule has 0 bridgehead atoms. The lowest BCUT2D eigenvalue weighted by atomic mass is 10.1. The first-order chi connectivity index (χ1) is 14.9. The zero-order chi connectivity index (χ0) is 22.4. The Morgan fingerprint density at radius 1 is 1.23 bits per heavy atom. The lowest BCUT2D eigenvalue weighted by Crippen LogP contribution is -2.11. The number of aromatic nitrogens is 3. The van der Waals surface area contributed by atoms with Gasteiger partial charge in [0.2, 0.25) is 5.91 Å². The molecule has 0 unspecified atom stereocenters. The first-order valence-electron chi connectivity index (χ1n) is 9.72. The minimum atomic E-state index is -0.703. The van der Waals surface area contributed by atoms with Crippen LogP contribution in [0.15, 0.2) is 47.6 Å². The largest absolute Gasteiger partial charge is 0.497 e. The highest BCUT2D eigenvalue weighted by molar-refractivity contribution is 7.98. The van der Waals surface area contributed by atoms with Crippen molar-refractivity contribution < 1.29 is 14.5 Å². The van der Waals surface area contributed by atoms with Gasteiger partial charge in [0.25, 0.3) is 5.69 Å². The number of unbranched alkanes of at least 4 members (excludes halogenated alkanes) is 1. The number of benzene rings is 2. The Kier molecular flexibility index (Phi) is 7.24. The van der Waals surface area contributed by atoms with E-state index in [1.54, 1.807) is 13.2 Å². The number of methoxy groups -OCH3 is 1. The first kappa shape index (κ1) is 22.3. The van der Waals surface area contributed by atoms with Crippen LogP contribution in [0.2, 0.25) is 0 Å². The number of nitrogens with zero attached hydrogens (tertiary/aromatic N) is 4. The molecule has 2 N–H and O–H groups in total. The Morgan fingerprint density at radius 3 is 2.58 bits per heavy atom. The summed E-state index contributed by atoms with van der Waals surface area (Å²) in [6.07, 6.45) is 1.95. The third-order valence-corrected chi connectivity index (χ3v) is 5.74. The minimum Gasteiger partial charge on any atom is -0.497 e. The number of hydrogen-bond acceptors (Lipinski definition) is 7. The van der Waals surface area contributed by atoms with Crippen LogP contribution in [-0.4, -0.2) is 32.7 Å². The fourth-order valence-electron chi connectivity index (χ4n) is 3.02. The second kappa shape index (κ2) is 10.1. The lowest BCUT2D eigenvalue weighted by molar-refractivity contribution is -0.385. The summed E-state index contributed by atoms with van der Waals surface area (Å²) in [6.45, 7) is 2.84. The molecule has 0 spiro atoms. The summed E-state index contributed by atoms with van der Waals surface area (Å²) in [5.74, 6) is 1.09. The summed E-state index contributed by atoms with van der Waals surface area (Å²) in [4.78, 5) is 22.3. The minimum absolute atomic E-state index is 0.105. The maximum Gasteiger partial charge on any atom is 0.274 e. The Bertz CT molecular complexity index is 1080.